The molecule has 1 unspecified atom stereocenters. The summed E-state index contributed by atoms with van der Waals surface area (Å²) in [4.78, 5) is 0. The van der Waals surface area contributed by atoms with E-state index in [0.717, 1.165) is 0 Å². The van der Waals surface area contributed by atoms with Gasteiger partial charge >= 0.3 is 0 Å². The van der Waals surface area contributed by atoms with Gasteiger partial charge in [-0.25, -0.2) is 0 Å². The molecule has 0 radical (unpaired) electrons. The highest BCUT2D eigenvalue weighted by atomic mass is 16.3. The first kappa shape index (κ1) is 7.84. The van der Waals surface area contributed by atoms with E-state index in [9.17, 15) is 0 Å². The van der Waals surface area contributed by atoms with Crippen molar-refractivity contribution in [2.45, 2.75) is 6.17 Å². The second-order valence-electron chi connectivity index (χ2n) is 1.47. The van der Waals surface area contributed by atoms with Crippen LogP contribution in [0.1, 0.15) is 0 Å². The number of nitrogens with two attached hydrogens (primary N) is 1. The second kappa shape index (κ2) is 4.99. The Hall–Kier alpha value is -0.160. The van der Waals surface area contributed by atoms with Crippen LogP contribution in [0.2, 0.25) is 0 Å². The third-order valence-electron chi connectivity index (χ3n) is 0.715. The predicted octanol–water partition coefficient (Wildman–Crippen LogP) is -2.15. The van der Waals surface area contributed by atoms with Crippen molar-refractivity contribution >= 4 is 0 Å². The van der Waals surface area contributed by atoms with Crippen molar-refractivity contribution in [1.82, 2.24) is 5.32 Å². The smallest absolute Gasteiger partial charge is 0.0785 e. The van der Waals surface area contributed by atoms with Gasteiger partial charge in [0.2, 0.25) is 0 Å². The molecule has 0 saturated heterocycles. The fourth-order valence-electron chi connectivity index (χ4n) is 0.314. The highest BCUT2D eigenvalue weighted by Gasteiger charge is 1.94. The van der Waals surface area contributed by atoms with Crippen LogP contribution in [0.3, 0.4) is 0 Å². The molecule has 8 heavy (non-hydrogen) atoms. The van der Waals surface area contributed by atoms with Gasteiger partial charge in [-0.1, -0.05) is 0 Å². The van der Waals surface area contributed by atoms with Crippen molar-refractivity contribution < 1.29 is 10.2 Å². The van der Waals surface area contributed by atoms with E-state index in [-0.39, 0.29) is 13.2 Å². The number of aliphatic hydroxyl groups excluding tert-OH is 2. The topological polar surface area (TPSA) is 78.5 Å². The lowest BCUT2D eigenvalue weighted by atomic mass is 10.5. The molecule has 0 aromatic carbocycles. The third kappa shape index (κ3) is 4.01. The Morgan fingerprint density at radius 1 is 1.50 bits per heavy atom. The molecule has 0 heterocycles. The summed E-state index contributed by atoms with van der Waals surface area (Å²) >= 11 is 0. The van der Waals surface area contributed by atoms with Gasteiger partial charge in [-0.15, -0.1) is 0 Å². The monoisotopic (exact) mass is 120 g/mol. The largest absolute Gasteiger partial charge is 0.395 e. The van der Waals surface area contributed by atoms with E-state index in [4.69, 9.17) is 15.9 Å². The van der Waals surface area contributed by atoms with Gasteiger partial charge in [0.05, 0.1) is 19.4 Å². The van der Waals surface area contributed by atoms with Gasteiger partial charge in [0.15, 0.2) is 0 Å². The van der Waals surface area contributed by atoms with Gasteiger partial charge in [0.1, 0.15) is 0 Å². The molecule has 4 nitrogen and oxygen atoms in total. The minimum absolute atomic E-state index is 0.0493. The Morgan fingerprint density at radius 3 is 2.50 bits per heavy atom. The van der Waals surface area contributed by atoms with Crippen LogP contribution < -0.4 is 11.1 Å². The SMILES string of the molecule is NC(CO)NCCO. The molecular formula is C4H12N2O2. The average Bonchev–Trinajstić information content (AvgIpc) is 1.83. The van der Waals surface area contributed by atoms with Gasteiger partial charge in [0, 0.05) is 6.54 Å². The van der Waals surface area contributed by atoms with Crippen LogP contribution in [0.4, 0.5) is 0 Å². The Kier molecular flexibility index (Phi) is 4.89. The number of nitrogens with one attached hydrogen (secondary N) is 1. The summed E-state index contributed by atoms with van der Waals surface area (Å²) in [5, 5.41) is 19.2. The first-order chi connectivity index (χ1) is 3.81. The standard InChI is InChI=1S/C4H12N2O2/c5-4(3-8)6-1-2-7/h4,6-8H,1-3,5H2. The van der Waals surface area contributed by atoms with Crippen molar-refractivity contribution in [1.29, 1.82) is 0 Å². The van der Waals surface area contributed by atoms with Crippen molar-refractivity contribution in [2.75, 3.05) is 19.8 Å². The summed E-state index contributed by atoms with van der Waals surface area (Å²) in [5.74, 6) is 0. The summed E-state index contributed by atoms with van der Waals surface area (Å²) in [5.41, 5.74) is 5.19. The van der Waals surface area contributed by atoms with Crippen LogP contribution in [0.15, 0.2) is 0 Å². The van der Waals surface area contributed by atoms with Gasteiger partial charge in [0.25, 0.3) is 0 Å². The highest BCUT2D eigenvalue weighted by molar-refractivity contribution is 4.53. The zero-order chi connectivity index (χ0) is 6.41. The molecular weight excluding hydrogens is 108 g/mol. The van der Waals surface area contributed by atoms with Crippen LogP contribution in [-0.4, -0.2) is 36.1 Å². The molecule has 1 atom stereocenters. The fourth-order valence-corrected chi connectivity index (χ4v) is 0.314. The second-order valence-corrected chi connectivity index (χ2v) is 1.47. The van der Waals surface area contributed by atoms with E-state index < -0.39 is 6.17 Å². The number of hydrogen-bond donors (Lipinski definition) is 4. The summed E-state index contributed by atoms with van der Waals surface area (Å²) < 4.78 is 0. The van der Waals surface area contributed by atoms with Crippen LogP contribution >= 0.6 is 0 Å². The van der Waals surface area contributed by atoms with Crippen molar-refractivity contribution in [3.63, 3.8) is 0 Å². The van der Waals surface area contributed by atoms with Crippen LogP contribution in [-0.2, 0) is 0 Å². The van der Waals surface area contributed by atoms with Gasteiger partial charge in [-0.2, -0.15) is 0 Å². The maximum atomic E-state index is 8.29. The van der Waals surface area contributed by atoms with Gasteiger partial charge < -0.3 is 15.9 Å². The molecule has 4 heteroatoms. The maximum absolute atomic E-state index is 8.29. The van der Waals surface area contributed by atoms with E-state index in [1.807, 2.05) is 0 Å². The number of rotatable bonds is 4. The van der Waals surface area contributed by atoms with E-state index >= 15 is 0 Å². The molecule has 0 aliphatic heterocycles. The highest BCUT2D eigenvalue weighted by Crippen LogP contribution is 1.64. The van der Waals surface area contributed by atoms with Gasteiger partial charge in [-0.3, -0.25) is 5.32 Å². The minimum atomic E-state index is -0.401. The predicted molar refractivity (Wildman–Crippen MR) is 30.1 cm³/mol. The minimum Gasteiger partial charge on any atom is -0.395 e. The Labute approximate surface area is 48.3 Å². The van der Waals surface area contributed by atoms with Crippen LogP contribution in [0.5, 0.6) is 0 Å². The Bertz CT molecular complexity index is 51.3. The molecule has 0 aliphatic rings. The zero-order valence-electron chi connectivity index (χ0n) is 4.67. The average molecular weight is 120 g/mol. The molecule has 0 aromatic rings. The van der Waals surface area contributed by atoms with Crippen molar-refractivity contribution in [3.05, 3.63) is 0 Å². The fraction of sp³-hybridized carbons (Fsp3) is 1.00. The normalized spacial score (nSPS) is 13.9. The summed E-state index contributed by atoms with van der Waals surface area (Å²) in [6, 6.07) is 0. The lowest BCUT2D eigenvalue weighted by Gasteiger charge is -2.07. The Morgan fingerprint density at radius 2 is 2.12 bits per heavy atom. The molecule has 5 N–H and O–H groups in total. The van der Waals surface area contributed by atoms with E-state index in [0.29, 0.717) is 6.54 Å². The molecule has 0 aromatic heterocycles. The molecule has 0 amide bonds. The lowest BCUT2D eigenvalue weighted by molar-refractivity contribution is 0.228. The van der Waals surface area contributed by atoms with Crippen molar-refractivity contribution in [3.8, 4) is 0 Å². The van der Waals surface area contributed by atoms with Crippen LogP contribution in [0.25, 0.3) is 0 Å². The zero-order valence-corrected chi connectivity index (χ0v) is 4.67. The maximum Gasteiger partial charge on any atom is 0.0785 e. The first-order valence-corrected chi connectivity index (χ1v) is 2.52. The van der Waals surface area contributed by atoms with Crippen molar-refractivity contribution in [2.24, 2.45) is 5.73 Å². The molecule has 0 rings (SSSR count). The lowest BCUT2D eigenvalue weighted by Crippen LogP contribution is -2.41. The summed E-state index contributed by atoms with van der Waals surface area (Å²) in [6.45, 7) is 0.384. The molecule has 50 valence electrons. The molecule has 0 bridgehead atoms. The van der Waals surface area contributed by atoms with E-state index in [1.54, 1.807) is 0 Å². The van der Waals surface area contributed by atoms with Gasteiger partial charge in [-0.05, 0) is 0 Å². The number of aliphatic hydroxyl groups is 2. The summed E-state index contributed by atoms with van der Waals surface area (Å²) in [7, 11) is 0. The molecule has 0 saturated carbocycles. The Balaban J connectivity index is 2.86. The molecule has 0 spiro atoms. The van der Waals surface area contributed by atoms with E-state index in [2.05, 4.69) is 5.32 Å². The quantitative estimate of drug-likeness (QED) is 0.319. The molecule has 0 fully saturated rings. The molecule has 0 aliphatic carbocycles. The number of hydrogen-bond acceptors (Lipinski definition) is 4. The summed E-state index contributed by atoms with van der Waals surface area (Å²) in [6.07, 6.45) is -0.401. The van der Waals surface area contributed by atoms with Crippen LogP contribution in [0, 0.1) is 0 Å². The first-order valence-electron chi connectivity index (χ1n) is 2.52. The third-order valence-corrected chi connectivity index (χ3v) is 0.715. The van der Waals surface area contributed by atoms with E-state index in [1.165, 1.54) is 0 Å².